The number of likely N-dealkylation sites (tertiary alicyclic amines) is 1. The zero-order chi connectivity index (χ0) is 22.1. The van der Waals surface area contributed by atoms with Gasteiger partial charge in [-0.15, -0.1) is 0 Å². The van der Waals surface area contributed by atoms with E-state index in [1.165, 1.54) is 0 Å². The average molecular weight is 425 g/mol. The number of rotatable bonds is 5. The Morgan fingerprint density at radius 3 is 2.47 bits per heavy atom. The molecule has 7 heteroatoms. The number of benzene rings is 2. The van der Waals surface area contributed by atoms with Crippen LogP contribution < -0.4 is 5.73 Å². The zero-order valence-electron chi connectivity index (χ0n) is 17.5. The Labute approximate surface area is 185 Å². The fraction of sp³-hybridized carbons (Fsp3) is 0.200. The second-order valence-electron chi connectivity index (χ2n) is 8.01. The number of hydrogen-bond acceptors (Lipinski definition) is 4. The number of nitrogens with zero attached hydrogens (tertiary/aromatic N) is 4. The van der Waals surface area contributed by atoms with Crippen molar-refractivity contribution in [1.29, 1.82) is 0 Å². The minimum absolute atomic E-state index is 0.213. The Balaban J connectivity index is 1.64. The third-order valence-electron chi connectivity index (χ3n) is 5.93. The van der Waals surface area contributed by atoms with E-state index in [0.29, 0.717) is 41.8 Å². The number of amides is 2. The van der Waals surface area contributed by atoms with Crippen molar-refractivity contribution in [3.8, 4) is 11.3 Å². The van der Waals surface area contributed by atoms with Gasteiger partial charge in [-0.1, -0.05) is 60.7 Å². The van der Waals surface area contributed by atoms with E-state index in [4.69, 9.17) is 10.7 Å². The van der Waals surface area contributed by atoms with Crippen LogP contribution in [-0.4, -0.2) is 44.1 Å². The first-order chi connectivity index (χ1) is 15.6. The van der Waals surface area contributed by atoms with Gasteiger partial charge in [0.15, 0.2) is 5.65 Å². The minimum Gasteiger partial charge on any atom is -0.368 e. The van der Waals surface area contributed by atoms with Crippen LogP contribution in [0.25, 0.3) is 22.3 Å². The van der Waals surface area contributed by atoms with E-state index in [2.05, 4.69) is 5.10 Å². The van der Waals surface area contributed by atoms with E-state index >= 15 is 0 Å². The number of pyridine rings is 1. The number of carbonyl (C=O) groups excluding carboxylic acids is 2. The molecular formula is C25H23N5O2. The van der Waals surface area contributed by atoms with Crippen LogP contribution in [0.3, 0.4) is 0 Å². The molecule has 0 spiro atoms. The van der Waals surface area contributed by atoms with Gasteiger partial charge < -0.3 is 10.6 Å². The van der Waals surface area contributed by atoms with Crippen LogP contribution in [0.2, 0.25) is 0 Å². The summed E-state index contributed by atoms with van der Waals surface area (Å²) in [6.07, 6.45) is 3.03. The Bertz CT molecular complexity index is 1280. The van der Waals surface area contributed by atoms with Crippen LogP contribution >= 0.6 is 0 Å². The SMILES string of the molecule is NC(=O)C1CCCN1C(=O)c1cc(-c2ccccc2)nc2c1cnn2Cc1ccccc1. The van der Waals surface area contributed by atoms with E-state index in [1.807, 2.05) is 65.3 Å². The molecule has 5 rings (SSSR count). The summed E-state index contributed by atoms with van der Waals surface area (Å²) in [6.45, 7) is 1.05. The third kappa shape index (κ3) is 3.62. The fourth-order valence-corrected chi connectivity index (χ4v) is 4.31. The van der Waals surface area contributed by atoms with Gasteiger partial charge in [-0.3, -0.25) is 9.59 Å². The lowest BCUT2D eigenvalue weighted by molar-refractivity contribution is -0.121. The van der Waals surface area contributed by atoms with Crippen molar-refractivity contribution >= 4 is 22.8 Å². The number of hydrogen-bond donors (Lipinski definition) is 1. The molecule has 1 fully saturated rings. The zero-order valence-corrected chi connectivity index (χ0v) is 17.5. The largest absolute Gasteiger partial charge is 0.368 e. The lowest BCUT2D eigenvalue weighted by Crippen LogP contribution is -2.43. The summed E-state index contributed by atoms with van der Waals surface area (Å²) in [4.78, 5) is 31.9. The van der Waals surface area contributed by atoms with Crippen molar-refractivity contribution in [2.75, 3.05) is 6.54 Å². The van der Waals surface area contributed by atoms with Crippen molar-refractivity contribution < 1.29 is 9.59 Å². The monoisotopic (exact) mass is 425 g/mol. The predicted octanol–water partition coefficient (Wildman–Crippen LogP) is 3.24. The lowest BCUT2D eigenvalue weighted by atomic mass is 10.1. The molecule has 1 saturated heterocycles. The maximum atomic E-state index is 13.6. The van der Waals surface area contributed by atoms with Crippen LogP contribution in [0.15, 0.2) is 72.9 Å². The molecule has 160 valence electrons. The third-order valence-corrected chi connectivity index (χ3v) is 5.93. The standard InChI is InChI=1S/C25H23N5O2/c26-23(31)22-12-7-13-29(22)25(32)19-14-21(18-10-5-2-6-11-18)28-24-20(19)15-27-30(24)16-17-8-3-1-4-9-17/h1-6,8-11,14-15,22H,7,12-13,16H2,(H2,26,31). The van der Waals surface area contributed by atoms with E-state index in [-0.39, 0.29) is 5.91 Å². The molecule has 0 radical (unpaired) electrons. The number of primary amides is 1. The number of fused-ring (bicyclic) bond motifs is 1. The highest BCUT2D eigenvalue weighted by atomic mass is 16.2. The summed E-state index contributed by atoms with van der Waals surface area (Å²) in [5.74, 6) is -0.681. The summed E-state index contributed by atoms with van der Waals surface area (Å²) >= 11 is 0. The number of carbonyl (C=O) groups is 2. The Hall–Kier alpha value is -4.00. The summed E-state index contributed by atoms with van der Waals surface area (Å²) in [6, 6.07) is 21.0. The molecule has 3 heterocycles. The van der Waals surface area contributed by atoms with E-state index in [9.17, 15) is 9.59 Å². The molecule has 0 aliphatic carbocycles. The van der Waals surface area contributed by atoms with Gasteiger partial charge >= 0.3 is 0 Å². The van der Waals surface area contributed by atoms with Crippen molar-refractivity contribution in [3.63, 3.8) is 0 Å². The smallest absolute Gasteiger partial charge is 0.255 e. The molecule has 2 N–H and O–H groups in total. The van der Waals surface area contributed by atoms with Crippen LogP contribution in [0, 0.1) is 0 Å². The molecule has 4 aromatic rings. The molecule has 1 aliphatic rings. The first-order valence-corrected chi connectivity index (χ1v) is 10.7. The molecule has 2 aromatic heterocycles. The molecular weight excluding hydrogens is 402 g/mol. The predicted molar refractivity (Wildman–Crippen MR) is 122 cm³/mol. The molecule has 0 saturated carbocycles. The number of nitrogens with two attached hydrogens (primary N) is 1. The van der Waals surface area contributed by atoms with Gasteiger partial charge in [-0.2, -0.15) is 5.10 Å². The fourth-order valence-electron chi connectivity index (χ4n) is 4.31. The maximum absolute atomic E-state index is 13.6. The van der Waals surface area contributed by atoms with Gasteiger partial charge in [0, 0.05) is 12.1 Å². The van der Waals surface area contributed by atoms with Gasteiger partial charge in [0.1, 0.15) is 6.04 Å². The first-order valence-electron chi connectivity index (χ1n) is 10.7. The van der Waals surface area contributed by atoms with Gasteiger partial charge in [0.25, 0.3) is 5.91 Å². The van der Waals surface area contributed by atoms with E-state index < -0.39 is 11.9 Å². The topological polar surface area (TPSA) is 94.1 Å². The highest BCUT2D eigenvalue weighted by Gasteiger charge is 2.34. The van der Waals surface area contributed by atoms with Gasteiger partial charge in [0.2, 0.25) is 5.91 Å². The second-order valence-corrected chi connectivity index (χ2v) is 8.01. The normalized spacial score (nSPS) is 15.9. The molecule has 1 aliphatic heterocycles. The Morgan fingerprint density at radius 1 is 1.03 bits per heavy atom. The molecule has 32 heavy (non-hydrogen) atoms. The Kier molecular flexibility index (Phi) is 5.15. The number of aromatic nitrogens is 3. The van der Waals surface area contributed by atoms with Gasteiger partial charge in [-0.05, 0) is 24.5 Å². The minimum atomic E-state index is -0.578. The first kappa shape index (κ1) is 19.9. The molecule has 2 aromatic carbocycles. The highest BCUT2D eigenvalue weighted by molar-refractivity contribution is 6.07. The lowest BCUT2D eigenvalue weighted by Gasteiger charge is -2.22. The van der Waals surface area contributed by atoms with Gasteiger partial charge in [-0.25, -0.2) is 9.67 Å². The average Bonchev–Trinajstić information content (AvgIpc) is 3.47. The van der Waals surface area contributed by atoms with Crippen molar-refractivity contribution in [2.24, 2.45) is 5.73 Å². The molecule has 1 unspecified atom stereocenters. The molecule has 1 atom stereocenters. The summed E-state index contributed by atoms with van der Waals surface area (Å²) < 4.78 is 1.81. The van der Waals surface area contributed by atoms with Crippen LogP contribution in [0.4, 0.5) is 0 Å². The Morgan fingerprint density at radius 2 is 1.75 bits per heavy atom. The quantitative estimate of drug-likeness (QED) is 0.531. The summed E-state index contributed by atoms with van der Waals surface area (Å²) in [5.41, 5.74) is 9.37. The summed E-state index contributed by atoms with van der Waals surface area (Å²) in [7, 11) is 0. The van der Waals surface area contributed by atoms with Crippen LogP contribution in [0.1, 0.15) is 28.8 Å². The van der Waals surface area contributed by atoms with E-state index in [0.717, 1.165) is 17.5 Å². The molecule has 7 nitrogen and oxygen atoms in total. The van der Waals surface area contributed by atoms with Crippen LogP contribution in [0.5, 0.6) is 0 Å². The van der Waals surface area contributed by atoms with Crippen molar-refractivity contribution in [2.45, 2.75) is 25.4 Å². The summed E-state index contributed by atoms with van der Waals surface area (Å²) in [5, 5.41) is 5.21. The van der Waals surface area contributed by atoms with Crippen molar-refractivity contribution in [1.82, 2.24) is 19.7 Å². The molecule has 0 bridgehead atoms. The second kappa shape index (κ2) is 8.26. The van der Waals surface area contributed by atoms with Gasteiger partial charge in [0.05, 0.1) is 29.4 Å². The van der Waals surface area contributed by atoms with Crippen molar-refractivity contribution in [3.05, 3.63) is 84.1 Å². The maximum Gasteiger partial charge on any atom is 0.255 e. The molecule has 2 amide bonds. The highest BCUT2D eigenvalue weighted by Crippen LogP contribution is 2.28. The van der Waals surface area contributed by atoms with Crippen LogP contribution in [-0.2, 0) is 11.3 Å². The van der Waals surface area contributed by atoms with E-state index in [1.54, 1.807) is 17.2 Å².